The third-order valence-electron chi connectivity index (χ3n) is 3.03. The fourth-order valence-corrected chi connectivity index (χ4v) is 5.35. The highest BCUT2D eigenvalue weighted by molar-refractivity contribution is 7.94. The summed E-state index contributed by atoms with van der Waals surface area (Å²) in [5.41, 5.74) is 0. The van der Waals surface area contributed by atoms with Gasteiger partial charge in [0.1, 0.15) is 0 Å². The Labute approximate surface area is 140 Å². The largest absolute Gasteiger partial charge is 0.294 e. The summed E-state index contributed by atoms with van der Waals surface area (Å²) in [7, 11) is -5.02. The highest BCUT2D eigenvalue weighted by atomic mass is 32.2. The normalized spacial score (nSPS) is 13.0. The molecular weight excluding hydrogens is 359 g/mol. The molecule has 9 heteroatoms. The van der Waals surface area contributed by atoms with Gasteiger partial charge in [0.05, 0.1) is 16.9 Å². The van der Waals surface area contributed by atoms with E-state index >= 15 is 0 Å². The lowest BCUT2D eigenvalue weighted by Gasteiger charge is -2.17. The summed E-state index contributed by atoms with van der Waals surface area (Å²) in [6.07, 6.45) is 0.801. The van der Waals surface area contributed by atoms with E-state index in [0.29, 0.717) is 0 Å². The van der Waals surface area contributed by atoms with Crippen molar-refractivity contribution < 1.29 is 27.6 Å². The van der Waals surface area contributed by atoms with Crippen LogP contribution in [-0.2, 0) is 19.5 Å². The predicted molar refractivity (Wildman–Crippen MR) is 90.1 cm³/mol. The molecular formula is C14H15O6PS2. The molecule has 0 aliphatic carbocycles. The molecule has 0 amide bonds. The molecule has 0 heterocycles. The SMILES string of the molecule is CCP(c1cccc(SOOO)c1)c1cccc(S(=O)(=O)O)c1. The number of hydrogen-bond acceptors (Lipinski definition) is 6. The van der Waals surface area contributed by atoms with Crippen LogP contribution >= 0.6 is 20.0 Å². The van der Waals surface area contributed by atoms with Crippen molar-refractivity contribution >= 4 is 40.7 Å². The van der Waals surface area contributed by atoms with Gasteiger partial charge in [-0.2, -0.15) is 8.42 Å². The zero-order valence-electron chi connectivity index (χ0n) is 12.1. The molecule has 2 rings (SSSR count). The van der Waals surface area contributed by atoms with Crippen molar-refractivity contribution in [3.05, 3.63) is 48.5 Å². The van der Waals surface area contributed by atoms with Gasteiger partial charge >= 0.3 is 0 Å². The Balaban J connectivity index is 2.36. The van der Waals surface area contributed by atoms with E-state index in [-0.39, 0.29) is 4.90 Å². The van der Waals surface area contributed by atoms with Gasteiger partial charge in [0, 0.05) is 4.90 Å². The van der Waals surface area contributed by atoms with Gasteiger partial charge in [-0.15, -0.1) is 4.33 Å². The van der Waals surface area contributed by atoms with Gasteiger partial charge in [0.2, 0.25) is 0 Å². The van der Waals surface area contributed by atoms with Gasteiger partial charge in [-0.05, 0) is 49.0 Å². The summed E-state index contributed by atoms with van der Waals surface area (Å²) in [5.74, 6) is 0. The van der Waals surface area contributed by atoms with Crippen LogP contribution in [-0.4, -0.2) is 24.4 Å². The van der Waals surface area contributed by atoms with E-state index in [9.17, 15) is 13.0 Å². The molecule has 0 aliphatic rings. The standard InChI is InChI=1S/C14H15O6PS2/c1-2-21(11-5-3-7-13(9-11)22-20-19-15)12-6-4-8-14(10-12)23(16,17)18/h3-10,15H,2H2,1H3,(H,16,17,18). The van der Waals surface area contributed by atoms with Gasteiger partial charge in [-0.3, -0.25) is 4.55 Å². The minimum atomic E-state index is -4.23. The Bertz CT molecular complexity index is 765. The molecule has 2 aromatic rings. The molecule has 0 spiro atoms. The number of rotatable bonds is 7. The third-order valence-corrected chi connectivity index (χ3v) is 6.89. The van der Waals surface area contributed by atoms with E-state index in [1.54, 1.807) is 12.1 Å². The minimum absolute atomic E-state index is 0.113. The van der Waals surface area contributed by atoms with Crippen LogP contribution < -0.4 is 10.6 Å². The molecule has 124 valence electrons. The molecule has 1 unspecified atom stereocenters. The summed E-state index contributed by atoms with van der Waals surface area (Å²) in [4.78, 5) is 0.627. The summed E-state index contributed by atoms with van der Waals surface area (Å²) in [6, 6.07) is 13.8. The monoisotopic (exact) mass is 374 g/mol. The molecule has 0 saturated heterocycles. The highest BCUT2D eigenvalue weighted by Crippen LogP contribution is 2.34. The molecule has 23 heavy (non-hydrogen) atoms. The lowest BCUT2D eigenvalue weighted by atomic mass is 10.4. The zero-order chi connectivity index (χ0) is 16.9. The molecule has 2 aromatic carbocycles. The van der Waals surface area contributed by atoms with Gasteiger partial charge in [0.25, 0.3) is 10.1 Å². The molecule has 0 aromatic heterocycles. The lowest BCUT2D eigenvalue weighted by molar-refractivity contribution is -0.432. The summed E-state index contributed by atoms with van der Waals surface area (Å²) < 4.78 is 36.2. The quantitative estimate of drug-likeness (QED) is 0.253. The fourth-order valence-electron chi connectivity index (χ4n) is 2.08. The maximum atomic E-state index is 11.3. The molecule has 1 atom stereocenters. The predicted octanol–water partition coefficient (Wildman–Crippen LogP) is 2.81. The second-order valence-corrected chi connectivity index (χ2v) is 9.16. The number of benzene rings is 2. The van der Waals surface area contributed by atoms with E-state index in [1.165, 1.54) is 12.1 Å². The van der Waals surface area contributed by atoms with Crippen molar-refractivity contribution in [3.8, 4) is 0 Å². The molecule has 0 aliphatic heterocycles. The van der Waals surface area contributed by atoms with Crippen LogP contribution in [0.3, 0.4) is 0 Å². The first-order valence-corrected chi connectivity index (χ1v) is 10.3. The summed E-state index contributed by atoms with van der Waals surface area (Å²) >= 11 is 0.867. The molecule has 0 bridgehead atoms. The van der Waals surface area contributed by atoms with Crippen LogP contribution in [0.2, 0.25) is 0 Å². The Hall–Kier alpha value is -0.990. The fraction of sp³-hybridized carbons (Fsp3) is 0.143. The molecule has 2 N–H and O–H groups in total. The van der Waals surface area contributed by atoms with E-state index < -0.39 is 18.0 Å². The topological polar surface area (TPSA) is 93.1 Å². The number of hydrogen-bond donors (Lipinski definition) is 2. The summed E-state index contributed by atoms with van der Waals surface area (Å²) in [5, 5.41) is 13.7. The molecule has 0 saturated carbocycles. The van der Waals surface area contributed by atoms with Gasteiger partial charge < -0.3 is 0 Å². The molecule has 0 radical (unpaired) electrons. The van der Waals surface area contributed by atoms with E-state index in [1.807, 2.05) is 31.2 Å². The smallest absolute Gasteiger partial charge is 0.282 e. The van der Waals surface area contributed by atoms with Gasteiger partial charge in [-0.1, -0.05) is 36.2 Å². The Morgan fingerprint density at radius 3 is 2.39 bits per heavy atom. The van der Waals surface area contributed by atoms with Crippen LogP contribution in [0.15, 0.2) is 58.3 Å². The third kappa shape index (κ3) is 4.99. The van der Waals surface area contributed by atoms with Crippen molar-refractivity contribution in [1.29, 1.82) is 0 Å². The van der Waals surface area contributed by atoms with Crippen LogP contribution in [0.1, 0.15) is 6.92 Å². The second kappa shape index (κ2) is 8.21. The zero-order valence-corrected chi connectivity index (χ0v) is 14.6. The van der Waals surface area contributed by atoms with Crippen molar-refractivity contribution in [1.82, 2.24) is 0 Å². The van der Waals surface area contributed by atoms with E-state index in [2.05, 4.69) is 9.37 Å². The average molecular weight is 374 g/mol. The Morgan fingerprint density at radius 1 is 1.13 bits per heavy atom. The molecule has 0 fully saturated rings. The first-order valence-electron chi connectivity index (χ1n) is 6.55. The highest BCUT2D eigenvalue weighted by Gasteiger charge is 2.16. The van der Waals surface area contributed by atoms with Crippen molar-refractivity contribution in [2.45, 2.75) is 16.7 Å². The lowest BCUT2D eigenvalue weighted by Crippen LogP contribution is -2.15. The summed E-state index contributed by atoms with van der Waals surface area (Å²) in [6.45, 7) is 2.01. The average Bonchev–Trinajstić information content (AvgIpc) is 2.54. The van der Waals surface area contributed by atoms with Gasteiger partial charge in [0.15, 0.2) is 0 Å². The van der Waals surface area contributed by atoms with Gasteiger partial charge in [-0.25, -0.2) is 5.26 Å². The maximum absolute atomic E-state index is 11.3. The van der Waals surface area contributed by atoms with E-state index in [0.717, 1.165) is 33.7 Å². The van der Waals surface area contributed by atoms with Crippen molar-refractivity contribution in [3.63, 3.8) is 0 Å². The van der Waals surface area contributed by atoms with Crippen LogP contribution in [0.4, 0.5) is 0 Å². The van der Waals surface area contributed by atoms with E-state index in [4.69, 9.17) is 5.26 Å². The molecule has 6 nitrogen and oxygen atoms in total. The minimum Gasteiger partial charge on any atom is -0.282 e. The Kier molecular flexibility index (Phi) is 6.55. The van der Waals surface area contributed by atoms with Crippen molar-refractivity contribution in [2.75, 3.05) is 6.16 Å². The van der Waals surface area contributed by atoms with Crippen LogP contribution in [0, 0.1) is 0 Å². The first kappa shape index (κ1) is 18.4. The van der Waals surface area contributed by atoms with Crippen molar-refractivity contribution in [2.24, 2.45) is 0 Å². The second-order valence-electron chi connectivity index (χ2n) is 4.44. The maximum Gasteiger partial charge on any atom is 0.294 e. The Morgan fingerprint density at radius 2 is 1.78 bits per heavy atom. The van der Waals surface area contributed by atoms with Crippen LogP contribution in [0.5, 0.6) is 0 Å². The van der Waals surface area contributed by atoms with Crippen LogP contribution in [0.25, 0.3) is 0 Å². The first-order chi connectivity index (χ1) is 11.0.